The molecule has 0 bridgehead atoms. The maximum Gasteiger partial charge on any atom is 0.303 e. The van der Waals surface area contributed by atoms with Gasteiger partial charge in [0.05, 0.1) is 12.1 Å². The van der Waals surface area contributed by atoms with Crippen molar-refractivity contribution in [3.05, 3.63) is 60.3 Å². The zero-order valence-electron chi connectivity index (χ0n) is 18.1. The number of aliphatic hydroxyl groups excluding tert-OH is 1. The highest BCUT2D eigenvalue weighted by molar-refractivity contribution is 5.79. The Morgan fingerprint density at radius 1 is 1.19 bits per heavy atom. The Balaban J connectivity index is 1.55. The number of aliphatic carboxylic acids is 1. The predicted octanol–water partition coefficient (Wildman–Crippen LogP) is 4.31. The largest absolute Gasteiger partial charge is 0.481 e. The van der Waals surface area contributed by atoms with E-state index < -0.39 is 12.1 Å². The first-order chi connectivity index (χ1) is 15.0. The number of amides is 1. The molecule has 2 heterocycles. The van der Waals surface area contributed by atoms with Crippen molar-refractivity contribution in [2.45, 2.75) is 57.1 Å². The van der Waals surface area contributed by atoms with Crippen LogP contribution in [0.2, 0.25) is 0 Å². The second-order valence-corrected chi connectivity index (χ2v) is 8.21. The number of aliphatic hydroxyl groups is 1. The molecule has 31 heavy (non-hydrogen) atoms. The molecule has 2 atom stereocenters. The standard InChI is InChI=1S/C25H32N2O4/c1-26-16-7-10-22(26)19-8-6-9-20(18-19)23(28)14-12-21-13-15-24(29)27(21)17-5-3-2-4-11-25(30)31/h6-10,12,14,16,18,21,23,28H,2-5,11,13,15,17H2,1H3,(H,30,31)/b14-12+/t21-,23?/m0/s1. The molecule has 1 amide bonds. The van der Waals surface area contributed by atoms with Crippen LogP contribution in [-0.2, 0) is 16.6 Å². The lowest BCUT2D eigenvalue weighted by Crippen LogP contribution is -2.32. The van der Waals surface area contributed by atoms with Gasteiger partial charge in [-0.25, -0.2) is 0 Å². The molecule has 2 N–H and O–H groups in total. The van der Waals surface area contributed by atoms with E-state index in [-0.39, 0.29) is 18.4 Å². The third-order valence-electron chi connectivity index (χ3n) is 5.90. The number of carbonyl (C=O) groups excluding carboxylic acids is 1. The number of aromatic nitrogens is 1. The van der Waals surface area contributed by atoms with Gasteiger partial charge in [-0.3, -0.25) is 9.59 Å². The summed E-state index contributed by atoms with van der Waals surface area (Å²) in [5.41, 5.74) is 2.97. The molecule has 166 valence electrons. The molecule has 1 aromatic carbocycles. The van der Waals surface area contributed by atoms with Gasteiger partial charge in [-0.1, -0.05) is 43.2 Å². The minimum absolute atomic E-state index is 0.0113. The van der Waals surface area contributed by atoms with Crippen LogP contribution in [0.1, 0.15) is 56.6 Å². The van der Waals surface area contributed by atoms with Crippen molar-refractivity contribution < 1.29 is 19.8 Å². The molecule has 0 spiro atoms. The average Bonchev–Trinajstić information content (AvgIpc) is 3.34. The minimum Gasteiger partial charge on any atom is -0.481 e. The fraction of sp³-hybridized carbons (Fsp3) is 0.440. The number of unbranched alkanes of at least 4 members (excludes halogenated alkanes) is 3. The van der Waals surface area contributed by atoms with Crippen LogP contribution in [0, 0.1) is 0 Å². The van der Waals surface area contributed by atoms with Gasteiger partial charge in [0.15, 0.2) is 0 Å². The highest BCUT2D eigenvalue weighted by Gasteiger charge is 2.28. The maximum absolute atomic E-state index is 12.3. The van der Waals surface area contributed by atoms with E-state index in [2.05, 4.69) is 0 Å². The fourth-order valence-electron chi connectivity index (χ4n) is 4.15. The van der Waals surface area contributed by atoms with Crippen LogP contribution in [-0.4, -0.2) is 44.1 Å². The summed E-state index contributed by atoms with van der Waals surface area (Å²) in [6.45, 7) is 0.681. The normalized spacial score (nSPS) is 17.5. The van der Waals surface area contributed by atoms with Crippen LogP contribution in [0.3, 0.4) is 0 Å². The number of hydrogen-bond acceptors (Lipinski definition) is 3. The fourth-order valence-corrected chi connectivity index (χ4v) is 4.15. The van der Waals surface area contributed by atoms with E-state index in [0.29, 0.717) is 19.4 Å². The Kier molecular flexibility index (Phi) is 8.06. The molecule has 1 aromatic heterocycles. The summed E-state index contributed by atoms with van der Waals surface area (Å²) >= 11 is 0. The summed E-state index contributed by atoms with van der Waals surface area (Å²) in [6.07, 6.45) is 9.85. The molecular formula is C25H32N2O4. The van der Waals surface area contributed by atoms with Crippen LogP contribution in [0.15, 0.2) is 54.7 Å². The molecule has 1 saturated heterocycles. The Hall–Kier alpha value is -2.86. The number of carboxylic acids is 1. The molecule has 0 radical (unpaired) electrons. The first kappa shape index (κ1) is 22.8. The number of rotatable bonds is 11. The average molecular weight is 425 g/mol. The van der Waals surface area contributed by atoms with Crippen molar-refractivity contribution in [1.82, 2.24) is 9.47 Å². The Bertz CT molecular complexity index is 918. The van der Waals surface area contributed by atoms with Crippen LogP contribution in [0.25, 0.3) is 11.3 Å². The molecule has 2 aromatic rings. The molecular weight excluding hydrogens is 392 g/mol. The second-order valence-electron chi connectivity index (χ2n) is 8.21. The van der Waals surface area contributed by atoms with Crippen LogP contribution >= 0.6 is 0 Å². The summed E-state index contributed by atoms with van der Waals surface area (Å²) < 4.78 is 2.05. The van der Waals surface area contributed by atoms with Crippen LogP contribution in [0.4, 0.5) is 0 Å². The van der Waals surface area contributed by atoms with Gasteiger partial charge in [0.25, 0.3) is 0 Å². The van der Waals surface area contributed by atoms with Crippen molar-refractivity contribution in [2.75, 3.05) is 6.54 Å². The molecule has 1 aliphatic heterocycles. The van der Waals surface area contributed by atoms with Gasteiger partial charge in [-0.2, -0.15) is 0 Å². The molecule has 1 unspecified atom stereocenters. The van der Waals surface area contributed by atoms with Crippen molar-refractivity contribution in [1.29, 1.82) is 0 Å². The van der Waals surface area contributed by atoms with E-state index in [0.717, 1.165) is 42.5 Å². The van der Waals surface area contributed by atoms with Gasteiger partial charge in [-0.05, 0) is 48.6 Å². The molecule has 0 saturated carbocycles. The number of likely N-dealkylation sites (tertiary alicyclic amines) is 1. The SMILES string of the molecule is Cn1cccc1-c1cccc(C(O)/C=C/[C@H]2CCC(=O)N2CCCCCCC(=O)O)c1. The molecule has 0 aliphatic carbocycles. The summed E-state index contributed by atoms with van der Waals surface area (Å²) in [5, 5.41) is 19.4. The second kappa shape index (κ2) is 11.0. The predicted molar refractivity (Wildman–Crippen MR) is 120 cm³/mol. The topological polar surface area (TPSA) is 82.8 Å². The number of carbonyl (C=O) groups is 2. The molecule has 1 aliphatic rings. The van der Waals surface area contributed by atoms with E-state index >= 15 is 0 Å². The van der Waals surface area contributed by atoms with Crippen LogP contribution < -0.4 is 0 Å². The van der Waals surface area contributed by atoms with Gasteiger partial charge < -0.3 is 19.7 Å². The highest BCUT2D eigenvalue weighted by Crippen LogP contribution is 2.26. The lowest BCUT2D eigenvalue weighted by molar-refractivity contribution is -0.137. The Morgan fingerprint density at radius 2 is 2.00 bits per heavy atom. The number of carboxylic acid groups (broad SMARTS) is 1. The summed E-state index contributed by atoms with van der Waals surface area (Å²) in [5.74, 6) is -0.604. The van der Waals surface area contributed by atoms with Gasteiger partial charge in [0.1, 0.15) is 0 Å². The zero-order valence-corrected chi connectivity index (χ0v) is 18.1. The molecule has 6 heteroatoms. The Labute approximate surface area is 183 Å². The van der Waals surface area contributed by atoms with Gasteiger partial charge in [0, 0.05) is 38.3 Å². The quantitative estimate of drug-likeness (QED) is 0.416. The zero-order chi connectivity index (χ0) is 22.2. The third kappa shape index (κ3) is 6.31. The van der Waals surface area contributed by atoms with Crippen molar-refractivity contribution in [2.24, 2.45) is 7.05 Å². The lowest BCUT2D eigenvalue weighted by Gasteiger charge is -2.22. The number of hydrogen-bond donors (Lipinski definition) is 2. The van der Waals surface area contributed by atoms with Crippen molar-refractivity contribution in [3.8, 4) is 11.3 Å². The highest BCUT2D eigenvalue weighted by atomic mass is 16.4. The maximum atomic E-state index is 12.3. The van der Waals surface area contributed by atoms with E-state index in [1.54, 1.807) is 6.08 Å². The minimum atomic E-state index is -0.757. The summed E-state index contributed by atoms with van der Waals surface area (Å²) in [6, 6.07) is 11.9. The van der Waals surface area contributed by atoms with E-state index in [1.807, 2.05) is 65.2 Å². The van der Waals surface area contributed by atoms with Crippen LogP contribution in [0.5, 0.6) is 0 Å². The van der Waals surface area contributed by atoms with E-state index in [4.69, 9.17) is 5.11 Å². The van der Waals surface area contributed by atoms with E-state index in [1.165, 1.54) is 0 Å². The number of aryl methyl sites for hydroxylation is 1. The smallest absolute Gasteiger partial charge is 0.303 e. The molecule has 1 fully saturated rings. The lowest BCUT2D eigenvalue weighted by atomic mass is 10.0. The molecule has 3 rings (SSSR count). The number of benzene rings is 1. The van der Waals surface area contributed by atoms with Gasteiger partial charge >= 0.3 is 5.97 Å². The first-order valence-corrected chi connectivity index (χ1v) is 11.0. The summed E-state index contributed by atoms with van der Waals surface area (Å²) in [7, 11) is 2.00. The summed E-state index contributed by atoms with van der Waals surface area (Å²) in [4.78, 5) is 24.7. The number of nitrogens with zero attached hydrogens (tertiary/aromatic N) is 2. The van der Waals surface area contributed by atoms with Crippen molar-refractivity contribution in [3.63, 3.8) is 0 Å². The van der Waals surface area contributed by atoms with Gasteiger partial charge in [-0.15, -0.1) is 0 Å². The van der Waals surface area contributed by atoms with E-state index in [9.17, 15) is 14.7 Å². The van der Waals surface area contributed by atoms with Crippen molar-refractivity contribution >= 4 is 11.9 Å². The Morgan fingerprint density at radius 3 is 2.74 bits per heavy atom. The first-order valence-electron chi connectivity index (χ1n) is 11.0. The third-order valence-corrected chi connectivity index (χ3v) is 5.90. The monoisotopic (exact) mass is 424 g/mol. The van der Waals surface area contributed by atoms with Gasteiger partial charge in [0.2, 0.25) is 5.91 Å². The molecule has 6 nitrogen and oxygen atoms in total.